The number of hydrogen-bond acceptors (Lipinski definition) is 3. The number of morpholine rings is 1. The standard InChI is InChI=1S/C13H25NO2/c1-12(2)3-5-13(15,6-4-12)11-14-7-9-16-10-8-14/h15H,3-11H2,1-2H3. The van der Waals surface area contributed by atoms with Crippen LogP contribution in [-0.4, -0.2) is 48.5 Å². The first-order valence-electron chi connectivity index (χ1n) is 6.52. The smallest absolute Gasteiger partial charge is 0.0774 e. The van der Waals surface area contributed by atoms with Crippen LogP contribution in [0.4, 0.5) is 0 Å². The van der Waals surface area contributed by atoms with Gasteiger partial charge in [-0.25, -0.2) is 0 Å². The molecule has 0 aromatic heterocycles. The molecule has 0 spiro atoms. The van der Waals surface area contributed by atoms with Crippen molar-refractivity contribution in [3.63, 3.8) is 0 Å². The van der Waals surface area contributed by atoms with E-state index >= 15 is 0 Å². The fraction of sp³-hybridized carbons (Fsp3) is 1.00. The van der Waals surface area contributed by atoms with E-state index in [1.807, 2.05) is 0 Å². The monoisotopic (exact) mass is 227 g/mol. The summed E-state index contributed by atoms with van der Waals surface area (Å²) in [7, 11) is 0. The average molecular weight is 227 g/mol. The second kappa shape index (κ2) is 4.63. The van der Waals surface area contributed by atoms with Gasteiger partial charge in [0, 0.05) is 19.6 Å². The van der Waals surface area contributed by atoms with Crippen LogP contribution in [-0.2, 0) is 4.74 Å². The van der Waals surface area contributed by atoms with Crippen LogP contribution >= 0.6 is 0 Å². The van der Waals surface area contributed by atoms with Crippen molar-refractivity contribution in [3.8, 4) is 0 Å². The van der Waals surface area contributed by atoms with Gasteiger partial charge in [0.2, 0.25) is 0 Å². The molecule has 16 heavy (non-hydrogen) atoms. The Morgan fingerprint density at radius 2 is 1.62 bits per heavy atom. The molecule has 0 atom stereocenters. The lowest BCUT2D eigenvalue weighted by Crippen LogP contribution is -2.49. The van der Waals surface area contributed by atoms with E-state index < -0.39 is 5.60 Å². The molecule has 0 amide bonds. The van der Waals surface area contributed by atoms with Gasteiger partial charge in [-0.15, -0.1) is 0 Å². The number of β-amino-alcohol motifs (C(OH)–C–C–N with tert-alkyl or cyclic N) is 1. The van der Waals surface area contributed by atoms with Gasteiger partial charge in [0.15, 0.2) is 0 Å². The van der Waals surface area contributed by atoms with Crippen LogP contribution in [0.2, 0.25) is 0 Å². The topological polar surface area (TPSA) is 32.7 Å². The predicted molar refractivity (Wildman–Crippen MR) is 64.5 cm³/mol. The summed E-state index contributed by atoms with van der Waals surface area (Å²) in [5.41, 5.74) is -0.00982. The van der Waals surface area contributed by atoms with Crippen LogP contribution in [0.25, 0.3) is 0 Å². The van der Waals surface area contributed by atoms with Crippen LogP contribution in [0, 0.1) is 5.41 Å². The minimum atomic E-state index is -0.438. The van der Waals surface area contributed by atoms with Gasteiger partial charge in [0.25, 0.3) is 0 Å². The number of hydrogen-bond donors (Lipinski definition) is 1. The Morgan fingerprint density at radius 3 is 2.19 bits per heavy atom. The molecule has 1 aliphatic heterocycles. The zero-order valence-electron chi connectivity index (χ0n) is 10.7. The van der Waals surface area contributed by atoms with Crippen LogP contribution < -0.4 is 0 Å². The minimum absolute atomic E-state index is 0.428. The number of rotatable bonds is 2. The molecule has 3 heteroatoms. The Balaban J connectivity index is 1.84. The summed E-state index contributed by atoms with van der Waals surface area (Å²) in [5.74, 6) is 0. The molecule has 1 aliphatic carbocycles. The predicted octanol–water partition coefficient (Wildman–Crippen LogP) is 1.65. The molecule has 1 saturated carbocycles. The molecule has 2 rings (SSSR count). The van der Waals surface area contributed by atoms with Crippen molar-refractivity contribution in [2.45, 2.75) is 45.1 Å². The van der Waals surface area contributed by atoms with Crippen molar-refractivity contribution < 1.29 is 9.84 Å². The normalized spacial score (nSPS) is 30.2. The van der Waals surface area contributed by atoms with Crippen LogP contribution in [0.3, 0.4) is 0 Å². The number of nitrogens with zero attached hydrogens (tertiary/aromatic N) is 1. The third-order valence-electron chi connectivity index (χ3n) is 4.16. The fourth-order valence-corrected chi connectivity index (χ4v) is 2.73. The molecule has 0 bridgehead atoms. The van der Waals surface area contributed by atoms with Crippen molar-refractivity contribution in [1.29, 1.82) is 0 Å². The van der Waals surface area contributed by atoms with Crippen molar-refractivity contribution in [3.05, 3.63) is 0 Å². The summed E-state index contributed by atoms with van der Waals surface area (Å²) in [5, 5.41) is 10.6. The molecule has 94 valence electrons. The van der Waals surface area contributed by atoms with E-state index in [1.165, 1.54) is 0 Å². The highest BCUT2D eigenvalue weighted by atomic mass is 16.5. The highest BCUT2D eigenvalue weighted by Gasteiger charge is 2.37. The van der Waals surface area contributed by atoms with Gasteiger partial charge in [-0.05, 0) is 31.1 Å². The van der Waals surface area contributed by atoms with Gasteiger partial charge >= 0.3 is 0 Å². The largest absolute Gasteiger partial charge is 0.389 e. The Labute approximate surface area is 98.8 Å². The highest BCUT2D eigenvalue weighted by molar-refractivity contribution is 4.91. The summed E-state index contributed by atoms with van der Waals surface area (Å²) in [6.07, 6.45) is 4.20. The third-order valence-corrected chi connectivity index (χ3v) is 4.16. The number of aliphatic hydroxyl groups is 1. The minimum Gasteiger partial charge on any atom is -0.389 e. The summed E-state index contributed by atoms with van der Waals surface area (Å²) in [6, 6.07) is 0. The maximum absolute atomic E-state index is 10.6. The number of ether oxygens (including phenoxy) is 1. The molecule has 0 unspecified atom stereocenters. The van der Waals surface area contributed by atoms with E-state index in [9.17, 15) is 5.11 Å². The second-order valence-electron chi connectivity index (χ2n) is 6.28. The second-order valence-corrected chi connectivity index (χ2v) is 6.28. The molecule has 2 fully saturated rings. The lowest BCUT2D eigenvalue weighted by atomic mass is 9.71. The molecular weight excluding hydrogens is 202 g/mol. The van der Waals surface area contributed by atoms with Gasteiger partial charge in [0.1, 0.15) is 0 Å². The summed E-state index contributed by atoms with van der Waals surface area (Å²) in [6.45, 7) is 9.05. The van der Waals surface area contributed by atoms with Crippen LogP contribution in [0.1, 0.15) is 39.5 Å². The van der Waals surface area contributed by atoms with Gasteiger partial charge in [-0.3, -0.25) is 4.90 Å². The summed E-state index contributed by atoms with van der Waals surface area (Å²) >= 11 is 0. The Hall–Kier alpha value is -0.120. The third kappa shape index (κ3) is 3.19. The van der Waals surface area contributed by atoms with E-state index in [0.29, 0.717) is 5.41 Å². The van der Waals surface area contributed by atoms with Crippen molar-refractivity contribution in [1.82, 2.24) is 4.90 Å². The maximum Gasteiger partial charge on any atom is 0.0774 e. The van der Waals surface area contributed by atoms with E-state index in [1.54, 1.807) is 0 Å². The summed E-state index contributed by atoms with van der Waals surface area (Å²) < 4.78 is 5.33. The molecule has 1 saturated heterocycles. The molecule has 1 heterocycles. The van der Waals surface area contributed by atoms with Crippen LogP contribution in [0.5, 0.6) is 0 Å². The first kappa shape index (κ1) is 12.3. The van der Waals surface area contributed by atoms with Gasteiger partial charge in [0.05, 0.1) is 18.8 Å². The molecule has 0 aromatic rings. The quantitative estimate of drug-likeness (QED) is 0.778. The fourth-order valence-electron chi connectivity index (χ4n) is 2.73. The molecule has 0 radical (unpaired) electrons. The SMILES string of the molecule is CC1(C)CCC(O)(CN2CCOCC2)CC1. The molecule has 0 aromatic carbocycles. The summed E-state index contributed by atoms with van der Waals surface area (Å²) in [4.78, 5) is 2.35. The van der Waals surface area contributed by atoms with Crippen molar-refractivity contribution in [2.75, 3.05) is 32.8 Å². The Kier molecular flexibility index (Phi) is 3.57. The maximum atomic E-state index is 10.6. The molecular formula is C13H25NO2. The first-order chi connectivity index (χ1) is 7.49. The first-order valence-corrected chi connectivity index (χ1v) is 6.52. The van der Waals surface area contributed by atoms with E-state index in [-0.39, 0.29) is 0 Å². The highest BCUT2D eigenvalue weighted by Crippen LogP contribution is 2.40. The van der Waals surface area contributed by atoms with E-state index in [0.717, 1.165) is 58.5 Å². The molecule has 2 aliphatic rings. The zero-order valence-corrected chi connectivity index (χ0v) is 10.7. The zero-order chi connectivity index (χ0) is 11.6. The molecule has 3 nitrogen and oxygen atoms in total. The van der Waals surface area contributed by atoms with E-state index in [4.69, 9.17) is 4.74 Å². The lowest BCUT2D eigenvalue weighted by molar-refractivity contribution is -0.0671. The van der Waals surface area contributed by atoms with Gasteiger partial charge in [-0.2, -0.15) is 0 Å². The van der Waals surface area contributed by atoms with Crippen LogP contribution in [0.15, 0.2) is 0 Å². The Morgan fingerprint density at radius 1 is 1.06 bits per heavy atom. The van der Waals surface area contributed by atoms with Gasteiger partial charge < -0.3 is 9.84 Å². The van der Waals surface area contributed by atoms with Crippen molar-refractivity contribution in [2.24, 2.45) is 5.41 Å². The van der Waals surface area contributed by atoms with Gasteiger partial charge in [-0.1, -0.05) is 13.8 Å². The van der Waals surface area contributed by atoms with E-state index in [2.05, 4.69) is 18.7 Å². The average Bonchev–Trinajstić information content (AvgIpc) is 2.25. The lowest BCUT2D eigenvalue weighted by Gasteiger charge is -2.43. The van der Waals surface area contributed by atoms with Crippen molar-refractivity contribution >= 4 is 0 Å². The Bertz CT molecular complexity index is 224. The molecule has 1 N–H and O–H groups in total.